The first-order valence-corrected chi connectivity index (χ1v) is 14.3. The summed E-state index contributed by atoms with van der Waals surface area (Å²) in [4.78, 5) is 4.53. The Hall–Kier alpha value is -0.796. The molecule has 0 amide bonds. The van der Waals surface area contributed by atoms with Crippen LogP contribution in [0.4, 0.5) is 5.69 Å². The van der Waals surface area contributed by atoms with Gasteiger partial charge in [-0.25, -0.2) is 0 Å². The molecule has 150 valence electrons. The van der Waals surface area contributed by atoms with E-state index in [0.717, 1.165) is 16.8 Å². The van der Waals surface area contributed by atoms with E-state index in [1.807, 2.05) is 36.4 Å². The van der Waals surface area contributed by atoms with Crippen LogP contribution in [0.15, 0.2) is 47.5 Å². The summed E-state index contributed by atoms with van der Waals surface area (Å²) in [5, 5.41) is 10.9. The number of hydrogen-bond donors (Lipinski definition) is 1. The number of aromatic hydroxyl groups is 1. The van der Waals surface area contributed by atoms with Crippen molar-refractivity contribution in [1.82, 2.24) is 0 Å². The zero-order valence-corrected chi connectivity index (χ0v) is 19.6. The van der Waals surface area contributed by atoms with Crippen molar-refractivity contribution in [3.63, 3.8) is 0 Å². The summed E-state index contributed by atoms with van der Waals surface area (Å²) in [5.41, 5.74) is 4.06. The van der Waals surface area contributed by atoms with Gasteiger partial charge in [0.1, 0.15) is 5.75 Å². The van der Waals surface area contributed by atoms with E-state index in [2.05, 4.69) is 18.0 Å². The summed E-state index contributed by atoms with van der Waals surface area (Å²) in [6.07, 6.45) is 12.1. The van der Waals surface area contributed by atoms with Crippen molar-refractivity contribution in [1.29, 1.82) is 0 Å². The fourth-order valence-electron chi connectivity index (χ4n) is 3.85. The maximum atomic E-state index is 10.9. The van der Waals surface area contributed by atoms with Gasteiger partial charge in [0.25, 0.3) is 0 Å². The SMILES string of the molecule is Cc1cc(C=Nc2ccccc2)c(O)c(C2CCCCCCCC2)c1.[Cl][Ti][Cl]. The average molecular weight is 454 g/mol. The zero-order valence-electron chi connectivity index (χ0n) is 16.5. The number of hydrogen-bond acceptors (Lipinski definition) is 2. The molecule has 0 atom stereocenters. The summed E-state index contributed by atoms with van der Waals surface area (Å²) in [7, 11) is 9.78. The predicted octanol–water partition coefficient (Wildman–Crippen LogP) is 8.05. The molecule has 1 saturated carbocycles. The summed E-state index contributed by atoms with van der Waals surface area (Å²) in [5.74, 6) is 0.899. The molecule has 5 heteroatoms. The number of phenols is 1. The average Bonchev–Trinajstić information content (AvgIpc) is 2.84. The van der Waals surface area contributed by atoms with Crippen LogP contribution in [0.3, 0.4) is 0 Å². The van der Waals surface area contributed by atoms with Gasteiger partial charge in [0.05, 0.1) is 5.69 Å². The standard InChI is InChI=1S/C23H29NO.2ClH.Ti/c1-18-15-20(17-24-21-13-9-6-10-14-21)23(25)22(16-18)19-11-7-4-2-3-5-8-12-19;;;/h6,9-10,13-17,19,25H,2-5,7-8,11-12H2,1H3;2*1H;/q;;;+2/p-2. The van der Waals surface area contributed by atoms with Crippen LogP contribution in [0, 0.1) is 6.92 Å². The predicted molar refractivity (Wildman–Crippen MR) is 118 cm³/mol. The topological polar surface area (TPSA) is 32.6 Å². The van der Waals surface area contributed by atoms with E-state index < -0.39 is 17.0 Å². The van der Waals surface area contributed by atoms with Crippen LogP contribution < -0.4 is 0 Å². The number of phenolic OH excluding ortho intramolecular Hbond substituents is 1. The monoisotopic (exact) mass is 453 g/mol. The molecule has 1 fully saturated rings. The van der Waals surface area contributed by atoms with Gasteiger partial charge in [-0.15, -0.1) is 0 Å². The maximum absolute atomic E-state index is 10.9. The van der Waals surface area contributed by atoms with Crippen molar-refractivity contribution in [2.24, 2.45) is 4.99 Å². The quantitative estimate of drug-likeness (QED) is 0.370. The van der Waals surface area contributed by atoms with E-state index in [4.69, 9.17) is 18.6 Å². The molecule has 0 spiro atoms. The molecule has 0 aliphatic heterocycles. The van der Waals surface area contributed by atoms with Gasteiger partial charge in [0.2, 0.25) is 0 Å². The molecule has 28 heavy (non-hydrogen) atoms. The number of benzene rings is 2. The van der Waals surface area contributed by atoms with E-state index in [1.165, 1.54) is 56.9 Å². The van der Waals surface area contributed by atoms with Crippen molar-refractivity contribution in [2.45, 2.75) is 64.2 Å². The Morgan fingerprint density at radius 1 is 0.964 bits per heavy atom. The Labute approximate surface area is 186 Å². The molecular weight excluding hydrogens is 425 g/mol. The van der Waals surface area contributed by atoms with Crippen LogP contribution in [0.5, 0.6) is 5.75 Å². The summed E-state index contributed by atoms with van der Waals surface area (Å²) >= 11 is -0.556. The molecule has 0 bridgehead atoms. The molecular formula is C23H29Cl2NOTi. The van der Waals surface area contributed by atoms with Crippen LogP contribution in [-0.4, -0.2) is 11.3 Å². The minimum absolute atomic E-state index is 0.425. The van der Waals surface area contributed by atoms with E-state index in [1.54, 1.807) is 6.21 Å². The Morgan fingerprint density at radius 2 is 1.54 bits per heavy atom. The second-order valence-electron chi connectivity index (χ2n) is 7.35. The summed E-state index contributed by atoms with van der Waals surface area (Å²) in [6, 6.07) is 14.1. The van der Waals surface area contributed by atoms with Crippen molar-refractivity contribution >= 4 is 30.5 Å². The first-order valence-electron chi connectivity index (χ1n) is 10.0. The fraction of sp³-hybridized carbons (Fsp3) is 0.435. The molecule has 0 saturated heterocycles. The Kier molecular flexibility index (Phi) is 11.3. The van der Waals surface area contributed by atoms with Gasteiger partial charge < -0.3 is 5.11 Å². The Morgan fingerprint density at radius 3 is 2.14 bits per heavy atom. The van der Waals surface area contributed by atoms with E-state index in [-0.39, 0.29) is 0 Å². The Balaban J connectivity index is 0.000000878. The van der Waals surface area contributed by atoms with Gasteiger partial charge in [0.15, 0.2) is 0 Å². The van der Waals surface area contributed by atoms with Gasteiger partial charge in [-0.3, -0.25) is 4.99 Å². The molecule has 2 aromatic rings. The van der Waals surface area contributed by atoms with Crippen LogP contribution in [0.1, 0.15) is 74.0 Å². The normalized spacial score (nSPS) is 15.8. The van der Waals surface area contributed by atoms with Gasteiger partial charge in [-0.2, -0.15) is 0 Å². The third kappa shape index (κ3) is 7.91. The van der Waals surface area contributed by atoms with Crippen LogP contribution in [-0.2, 0) is 17.0 Å². The number of aryl methyl sites for hydroxylation is 1. The molecule has 0 aromatic heterocycles. The first-order chi connectivity index (χ1) is 13.7. The number of aliphatic imine (C=N–C) groups is 1. The molecule has 0 radical (unpaired) electrons. The molecule has 1 N–H and O–H groups in total. The molecule has 1 aliphatic rings. The number of nitrogens with zero attached hydrogens (tertiary/aromatic N) is 1. The molecule has 1 aliphatic carbocycles. The van der Waals surface area contributed by atoms with E-state index in [0.29, 0.717) is 11.7 Å². The third-order valence-electron chi connectivity index (χ3n) is 5.22. The van der Waals surface area contributed by atoms with Crippen molar-refractivity contribution in [2.75, 3.05) is 0 Å². The number of para-hydroxylation sites is 1. The first kappa shape index (κ1) is 23.5. The van der Waals surface area contributed by atoms with Gasteiger partial charge in [-0.1, -0.05) is 62.8 Å². The van der Waals surface area contributed by atoms with Crippen LogP contribution >= 0.6 is 18.6 Å². The summed E-state index contributed by atoms with van der Waals surface area (Å²) < 4.78 is 0. The molecule has 0 unspecified atom stereocenters. The van der Waals surface area contributed by atoms with E-state index in [9.17, 15) is 5.11 Å². The van der Waals surface area contributed by atoms with Gasteiger partial charge in [0, 0.05) is 11.8 Å². The number of halogens is 2. The second-order valence-corrected chi connectivity index (χ2v) is 9.93. The molecule has 0 heterocycles. The molecule has 2 aromatic carbocycles. The van der Waals surface area contributed by atoms with Gasteiger partial charge in [-0.05, 0) is 55.0 Å². The number of rotatable bonds is 3. The van der Waals surface area contributed by atoms with Crippen LogP contribution in [0.25, 0.3) is 0 Å². The second kappa shape index (κ2) is 13.4. The van der Waals surface area contributed by atoms with Gasteiger partial charge >= 0.3 is 35.6 Å². The van der Waals surface area contributed by atoms with Crippen LogP contribution in [0.2, 0.25) is 0 Å². The van der Waals surface area contributed by atoms with E-state index >= 15 is 0 Å². The van der Waals surface area contributed by atoms with Crippen molar-refractivity contribution in [3.05, 3.63) is 59.2 Å². The zero-order chi connectivity index (χ0) is 20.2. The van der Waals surface area contributed by atoms with Crippen molar-refractivity contribution < 1.29 is 22.1 Å². The molecule has 2 nitrogen and oxygen atoms in total. The minimum atomic E-state index is -0.556. The summed E-state index contributed by atoms with van der Waals surface area (Å²) in [6.45, 7) is 2.11. The van der Waals surface area contributed by atoms with Crippen molar-refractivity contribution in [3.8, 4) is 5.75 Å². The fourth-order valence-corrected chi connectivity index (χ4v) is 3.85. The Bertz CT molecular complexity index is 727. The molecule has 3 rings (SSSR count). The third-order valence-corrected chi connectivity index (χ3v) is 5.22.